The minimum Gasteiger partial charge on any atom is -0.399 e. The van der Waals surface area contributed by atoms with Crippen molar-refractivity contribution in [2.24, 2.45) is 0 Å². The molecular formula is C12H18ClN3O2. The van der Waals surface area contributed by atoms with Crippen LogP contribution in [0.25, 0.3) is 0 Å². The van der Waals surface area contributed by atoms with Crippen molar-refractivity contribution in [2.75, 3.05) is 44.9 Å². The molecular weight excluding hydrogens is 254 g/mol. The number of rotatable bonds is 6. The number of carbonyl (C=O) groups excluding carboxylic acids is 1. The number of methoxy groups -OCH3 is 1. The molecule has 0 atom stereocenters. The molecule has 18 heavy (non-hydrogen) atoms. The SMILES string of the molecule is COCCN(C)CC(=O)Nc1ccc(N)cc1Cl. The Morgan fingerprint density at radius 2 is 2.28 bits per heavy atom. The molecule has 0 aliphatic carbocycles. The van der Waals surface area contributed by atoms with Gasteiger partial charge in [-0.2, -0.15) is 0 Å². The van der Waals surface area contributed by atoms with Crippen LogP contribution >= 0.6 is 11.6 Å². The van der Waals surface area contributed by atoms with E-state index in [2.05, 4.69) is 5.32 Å². The number of anilines is 2. The lowest BCUT2D eigenvalue weighted by molar-refractivity contribution is -0.117. The largest absolute Gasteiger partial charge is 0.399 e. The molecule has 0 heterocycles. The predicted molar refractivity (Wildman–Crippen MR) is 73.9 cm³/mol. The molecule has 0 saturated heterocycles. The number of nitrogen functional groups attached to an aromatic ring is 1. The van der Waals surface area contributed by atoms with Crippen molar-refractivity contribution in [1.29, 1.82) is 0 Å². The maximum absolute atomic E-state index is 11.7. The van der Waals surface area contributed by atoms with Crippen molar-refractivity contribution >= 4 is 28.9 Å². The lowest BCUT2D eigenvalue weighted by Crippen LogP contribution is -2.32. The second-order valence-electron chi connectivity index (χ2n) is 4.02. The van der Waals surface area contributed by atoms with Gasteiger partial charge in [0.15, 0.2) is 0 Å². The van der Waals surface area contributed by atoms with Crippen LogP contribution in [0, 0.1) is 0 Å². The molecule has 6 heteroatoms. The van der Waals surface area contributed by atoms with E-state index < -0.39 is 0 Å². The number of nitrogens with zero attached hydrogens (tertiary/aromatic N) is 1. The Bertz CT molecular complexity index is 412. The third kappa shape index (κ3) is 4.91. The fourth-order valence-electron chi connectivity index (χ4n) is 1.39. The summed E-state index contributed by atoms with van der Waals surface area (Å²) in [6.45, 7) is 1.57. The van der Waals surface area contributed by atoms with Gasteiger partial charge < -0.3 is 15.8 Å². The molecule has 0 aromatic heterocycles. The number of benzene rings is 1. The van der Waals surface area contributed by atoms with Crippen LogP contribution in [0.15, 0.2) is 18.2 Å². The maximum Gasteiger partial charge on any atom is 0.238 e. The van der Waals surface area contributed by atoms with E-state index in [1.54, 1.807) is 25.3 Å². The Labute approximate surface area is 112 Å². The molecule has 0 bridgehead atoms. The molecule has 0 fully saturated rings. The highest BCUT2D eigenvalue weighted by molar-refractivity contribution is 6.34. The predicted octanol–water partition coefficient (Wildman–Crippen LogP) is 1.44. The Morgan fingerprint density at radius 3 is 2.89 bits per heavy atom. The van der Waals surface area contributed by atoms with Crippen molar-refractivity contribution in [3.8, 4) is 0 Å². The summed E-state index contributed by atoms with van der Waals surface area (Å²) in [6.07, 6.45) is 0. The van der Waals surface area contributed by atoms with Gasteiger partial charge in [0, 0.05) is 19.3 Å². The quantitative estimate of drug-likeness (QED) is 0.769. The molecule has 0 unspecified atom stereocenters. The Kier molecular flexibility index (Phi) is 5.91. The van der Waals surface area contributed by atoms with Crippen molar-refractivity contribution in [1.82, 2.24) is 4.90 Å². The molecule has 0 saturated carbocycles. The molecule has 1 amide bonds. The summed E-state index contributed by atoms with van der Waals surface area (Å²) in [4.78, 5) is 13.6. The second-order valence-corrected chi connectivity index (χ2v) is 4.43. The number of amides is 1. The van der Waals surface area contributed by atoms with Crippen molar-refractivity contribution in [3.05, 3.63) is 23.2 Å². The highest BCUT2D eigenvalue weighted by atomic mass is 35.5. The molecule has 5 nitrogen and oxygen atoms in total. The van der Waals surface area contributed by atoms with E-state index >= 15 is 0 Å². The molecule has 0 aliphatic heterocycles. The number of hydrogen-bond acceptors (Lipinski definition) is 4. The average Bonchev–Trinajstić information content (AvgIpc) is 2.30. The van der Waals surface area contributed by atoms with Gasteiger partial charge in [-0.25, -0.2) is 0 Å². The summed E-state index contributed by atoms with van der Waals surface area (Å²) in [7, 11) is 3.48. The standard InChI is InChI=1S/C12H18ClN3O2/c1-16(5-6-18-2)8-12(17)15-11-4-3-9(14)7-10(11)13/h3-4,7H,5-6,8,14H2,1-2H3,(H,15,17). The van der Waals surface area contributed by atoms with Gasteiger partial charge in [-0.05, 0) is 25.2 Å². The van der Waals surface area contributed by atoms with Crippen molar-refractivity contribution in [2.45, 2.75) is 0 Å². The summed E-state index contributed by atoms with van der Waals surface area (Å²) in [5.74, 6) is -0.125. The number of nitrogens with one attached hydrogen (secondary N) is 1. The normalized spacial score (nSPS) is 10.7. The van der Waals surface area contributed by atoms with E-state index in [-0.39, 0.29) is 12.5 Å². The molecule has 1 rings (SSSR count). The van der Waals surface area contributed by atoms with Gasteiger partial charge >= 0.3 is 0 Å². The summed E-state index contributed by atoms with van der Waals surface area (Å²) >= 11 is 5.97. The van der Waals surface area contributed by atoms with Crippen LogP contribution < -0.4 is 11.1 Å². The first-order chi connectivity index (χ1) is 8.52. The van der Waals surface area contributed by atoms with Crippen LogP contribution in [0.4, 0.5) is 11.4 Å². The number of nitrogens with two attached hydrogens (primary N) is 1. The molecule has 0 spiro atoms. The molecule has 0 aliphatic rings. The van der Waals surface area contributed by atoms with E-state index in [0.29, 0.717) is 29.5 Å². The fourth-order valence-corrected chi connectivity index (χ4v) is 1.63. The first-order valence-corrected chi connectivity index (χ1v) is 5.93. The van der Waals surface area contributed by atoms with Crippen LogP contribution in [-0.2, 0) is 9.53 Å². The van der Waals surface area contributed by atoms with Crippen LogP contribution in [0.1, 0.15) is 0 Å². The summed E-state index contributed by atoms with van der Waals surface area (Å²) in [6, 6.07) is 4.98. The highest BCUT2D eigenvalue weighted by Gasteiger charge is 2.08. The monoisotopic (exact) mass is 271 g/mol. The highest BCUT2D eigenvalue weighted by Crippen LogP contribution is 2.23. The molecule has 3 N–H and O–H groups in total. The summed E-state index contributed by atoms with van der Waals surface area (Å²) in [5.41, 5.74) is 6.71. The topological polar surface area (TPSA) is 67.6 Å². The number of likely N-dealkylation sites (N-methyl/N-ethyl adjacent to an activating group) is 1. The van der Waals surface area contributed by atoms with Gasteiger partial charge in [0.2, 0.25) is 5.91 Å². The van der Waals surface area contributed by atoms with Gasteiger partial charge in [0.05, 0.1) is 23.9 Å². The van der Waals surface area contributed by atoms with E-state index in [9.17, 15) is 4.79 Å². The van der Waals surface area contributed by atoms with Gasteiger partial charge in [-0.3, -0.25) is 9.69 Å². The zero-order valence-electron chi connectivity index (χ0n) is 10.6. The Morgan fingerprint density at radius 1 is 1.56 bits per heavy atom. The molecule has 1 aromatic carbocycles. The molecule has 100 valence electrons. The van der Waals surface area contributed by atoms with Crippen molar-refractivity contribution in [3.63, 3.8) is 0 Å². The first-order valence-electron chi connectivity index (χ1n) is 5.55. The second kappa shape index (κ2) is 7.20. The van der Waals surface area contributed by atoms with Crippen LogP contribution in [0.5, 0.6) is 0 Å². The summed E-state index contributed by atoms with van der Waals surface area (Å²) in [5, 5.41) is 3.17. The third-order valence-electron chi connectivity index (χ3n) is 2.36. The average molecular weight is 272 g/mol. The minimum absolute atomic E-state index is 0.125. The van der Waals surface area contributed by atoms with E-state index in [0.717, 1.165) is 0 Å². The van der Waals surface area contributed by atoms with Crippen LogP contribution in [-0.4, -0.2) is 44.7 Å². The van der Waals surface area contributed by atoms with Gasteiger partial charge in [0.1, 0.15) is 0 Å². The smallest absolute Gasteiger partial charge is 0.238 e. The Hall–Kier alpha value is -1.30. The first kappa shape index (κ1) is 14.8. The van der Waals surface area contributed by atoms with Gasteiger partial charge in [-0.1, -0.05) is 11.6 Å². The number of halogens is 1. The van der Waals surface area contributed by atoms with Crippen LogP contribution in [0.3, 0.4) is 0 Å². The molecule has 1 aromatic rings. The van der Waals surface area contributed by atoms with E-state index in [4.69, 9.17) is 22.1 Å². The van der Waals surface area contributed by atoms with Gasteiger partial charge in [-0.15, -0.1) is 0 Å². The van der Waals surface area contributed by atoms with E-state index in [1.807, 2.05) is 11.9 Å². The minimum atomic E-state index is -0.125. The number of hydrogen-bond donors (Lipinski definition) is 2. The van der Waals surface area contributed by atoms with E-state index in [1.165, 1.54) is 0 Å². The lowest BCUT2D eigenvalue weighted by Gasteiger charge is -2.16. The summed E-state index contributed by atoms with van der Waals surface area (Å²) < 4.78 is 4.94. The zero-order valence-corrected chi connectivity index (χ0v) is 11.3. The number of carbonyl (C=O) groups is 1. The maximum atomic E-state index is 11.7. The number of ether oxygens (including phenoxy) is 1. The van der Waals surface area contributed by atoms with Gasteiger partial charge in [0.25, 0.3) is 0 Å². The Balaban J connectivity index is 2.49. The lowest BCUT2D eigenvalue weighted by atomic mass is 10.3. The molecule has 0 radical (unpaired) electrons. The fraction of sp³-hybridized carbons (Fsp3) is 0.417. The van der Waals surface area contributed by atoms with Crippen LogP contribution in [0.2, 0.25) is 5.02 Å². The zero-order chi connectivity index (χ0) is 13.5. The van der Waals surface area contributed by atoms with Crippen molar-refractivity contribution < 1.29 is 9.53 Å². The third-order valence-corrected chi connectivity index (χ3v) is 2.67.